The molecule has 0 aliphatic heterocycles. The maximum atomic E-state index is 13.9. The van der Waals surface area contributed by atoms with Crippen LogP contribution in [0, 0.1) is 5.82 Å². The van der Waals surface area contributed by atoms with Crippen molar-refractivity contribution < 1.29 is 4.39 Å². The average molecular weight is 329 g/mol. The first-order valence-corrected chi connectivity index (χ1v) is 8.40. The van der Waals surface area contributed by atoms with Gasteiger partial charge in [-0.05, 0) is 25.8 Å². The normalized spacial score (nSPS) is 18.9. The third-order valence-electron chi connectivity index (χ3n) is 4.30. The number of alkyl halides is 1. The molecule has 0 spiro atoms. The summed E-state index contributed by atoms with van der Waals surface area (Å²) in [7, 11) is 0. The van der Waals surface area contributed by atoms with E-state index in [-0.39, 0.29) is 10.4 Å². The van der Waals surface area contributed by atoms with E-state index in [1.807, 2.05) is 6.92 Å². The summed E-state index contributed by atoms with van der Waals surface area (Å²) in [5.74, 6) is 0.424. The van der Waals surface area contributed by atoms with Gasteiger partial charge in [-0.1, -0.05) is 37.3 Å². The van der Waals surface area contributed by atoms with Crippen molar-refractivity contribution in [3.8, 4) is 0 Å². The van der Waals surface area contributed by atoms with Gasteiger partial charge in [0.2, 0.25) is 0 Å². The van der Waals surface area contributed by atoms with Gasteiger partial charge < -0.3 is 4.57 Å². The number of imidazole rings is 1. The van der Waals surface area contributed by atoms with Crippen LogP contribution in [0.5, 0.6) is 0 Å². The van der Waals surface area contributed by atoms with Crippen molar-refractivity contribution >= 4 is 34.2 Å². The number of hydrogen-bond donors (Lipinski definition) is 0. The molecule has 2 nitrogen and oxygen atoms in total. The van der Waals surface area contributed by atoms with E-state index in [1.54, 1.807) is 6.07 Å². The number of hydrogen-bond acceptors (Lipinski definition) is 1. The Balaban J connectivity index is 2.17. The van der Waals surface area contributed by atoms with Crippen molar-refractivity contribution in [1.29, 1.82) is 0 Å². The van der Waals surface area contributed by atoms with Gasteiger partial charge in [-0.15, -0.1) is 11.6 Å². The van der Waals surface area contributed by atoms with Crippen molar-refractivity contribution in [2.75, 3.05) is 0 Å². The predicted molar refractivity (Wildman–Crippen MR) is 85.7 cm³/mol. The molecular formula is C16H19Cl2FN2. The van der Waals surface area contributed by atoms with E-state index in [0.29, 0.717) is 6.04 Å². The number of halogens is 3. The monoisotopic (exact) mass is 328 g/mol. The molecule has 1 aromatic heterocycles. The van der Waals surface area contributed by atoms with Crippen LogP contribution in [0.15, 0.2) is 12.1 Å². The second kappa shape index (κ2) is 6.13. The van der Waals surface area contributed by atoms with Crippen LogP contribution in [0.2, 0.25) is 5.02 Å². The first-order valence-electron chi connectivity index (χ1n) is 7.59. The molecule has 0 amide bonds. The molecule has 0 radical (unpaired) electrons. The summed E-state index contributed by atoms with van der Waals surface area (Å²) < 4.78 is 16.0. The Labute approximate surface area is 134 Å². The highest BCUT2D eigenvalue weighted by Crippen LogP contribution is 2.36. The quantitative estimate of drug-likeness (QED) is 0.486. The van der Waals surface area contributed by atoms with Gasteiger partial charge in [0.15, 0.2) is 0 Å². The molecular weight excluding hydrogens is 310 g/mol. The minimum absolute atomic E-state index is 0.113. The van der Waals surface area contributed by atoms with Gasteiger partial charge in [0.05, 0.1) is 21.4 Å². The zero-order valence-corrected chi connectivity index (χ0v) is 13.6. The number of rotatable bonds is 2. The number of aromatic nitrogens is 2. The summed E-state index contributed by atoms with van der Waals surface area (Å²) in [5.41, 5.74) is 1.54. The standard InChI is InChI=1S/C16H19Cl2FN2/c1-10(17)16-20-14-8-12(18)13(19)9-15(14)21(16)11-6-4-2-3-5-7-11/h8-11H,2-7H2,1H3. The topological polar surface area (TPSA) is 17.8 Å². The van der Waals surface area contributed by atoms with Crippen molar-refractivity contribution in [1.82, 2.24) is 9.55 Å². The predicted octanol–water partition coefficient (Wildman–Crippen LogP) is 6.02. The molecule has 0 bridgehead atoms. The maximum absolute atomic E-state index is 13.9. The molecule has 21 heavy (non-hydrogen) atoms. The van der Waals surface area contributed by atoms with Gasteiger partial charge in [-0.3, -0.25) is 0 Å². The summed E-state index contributed by atoms with van der Waals surface area (Å²) in [6.07, 6.45) is 7.16. The molecule has 2 aromatic rings. The van der Waals surface area contributed by atoms with Crippen LogP contribution >= 0.6 is 23.2 Å². The highest BCUT2D eigenvalue weighted by Gasteiger charge is 2.23. The Morgan fingerprint density at radius 2 is 1.90 bits per heavy atom. The third-order valence-corrected chi connectivity index (χ3v) is 4.79. The van der Waals surface area contributed by atoms with Crippen LogP contribution in [-0.2, 0) is 0 Å². The summed E-state index contributed by atoms with van der Waals surface area (Å²) in [5, 5.41) is -0.0933. The van der Waals surface area contributed by atoms with Crippen LogP contribution in [0.4, 0.5) is 4.39 Å². The lowest BCUT2D eigenvalue weighted by Crippen LogP contribution is -2.12. The zero-order valence-electron chi connectivity index (χ0n) is 12.1. The van der Waals surface area contributed by atoms with E-state index in [4.69, 9.17) is 23.2 Å². The number of benzene rings is 1. The Morgan fingerprint density at radius 3 is 2.52 bits per heavy atom. The highest BCUT2D eigenvalue weighted by molar-refractivity contribution is 6.31. The lowest BCUT2D eigenvalue weighted by atomic mass is 10.1. The van der Waals surface area contributed by atoms with Crippen molar-refractivity contribution in [3.05, 3.63) is 28.8 Å². The van der Waals surface area contributed by atoms with E-state index in [2.05, 4.69) is 9.55 Å². The molecule has 1 aromatic carbocycles. The summed E-state index contributed by atoms with van der Waals surface area (Å²) in [6, 6.07) is 3.45. The highest BCUT2D eigenvalue weighted by atomic mass is 35.5. The van der Waals surface area contributed by atoms with Gasteiger partial charge in [0.1, 0.15) is 11.6 Å². The van der Waals surface area contributed by atoms with Crippen molar-refractivity contribution in [2.45, 2.75) is 56.9 Å². The Hall–Kier alpha value is -0.800. The molecule has 1 atom stereocenters. The molecule has 114 valence electrons. The smallest absolute Gasteiger partial charge is 0.144 e. The van der Waals surface area contributed by atoms with Gasteiger partial charge in [0.25, 0.3) is 0 Å². The molecule has 1 fully saturated rings. The fraction of sp³-hybridized carbons (Fsp3) is 0.562. The number of fused-ring (bicyclic) bond motifs is 1. The SMILES string of the molecule is CC(Cl)c1nc2cc(Cl)c(F)cc2n1C1CCCCCC1. The fourth-order valence-corrected chi connectivity index (χ4v) is 3.60. The lowest BCUT2D eigenvalue weighted by molar-refractivity contribution is 0.439. The molecule has 1 aliphatic rings. The van der Waals surface area contributed by atoms with Gasteiger partial charge >= 0.3 is 0 Å². The van der Waals surface area contributed by atoms with Crippen LogP contribution in [0.25, 0.3) is 11.0 Å². The van der Waals surface area contributed by atoms with Crippen LogP contribution in [0.1, 0.15) is 62.7 Å². The first-order chi connectivity index (χ1) is 10.1. The largest absolute Gasteiger partial charge is 0.324 e. The van der Waals surface area contributed by atoms with Crippen molar-refractivity contribution in [2.24, 2.45) is 0 Å². The van der Waals surface area contributed by atoms with Gasteiger partial charge in [-0.25, -0.2) is 9.37 Å². The molecule has 1 aliphatic carbocycles. The minimum Gasteiger partial charge on any atom is -0.324 e. The second-order valence-corrected chi connectivity index (χ2v) is 6.92. The van der Waals surface area contributed by atoms with Crippen LogP contribution in [-0.4, -0.2) is 9.55 Å². The second-order valence-electron chi connectivity index (χ2n) is 5.86. The van der Waals surface area contributed by atoms with Gasteiger partial charge in [-0.2, -0.15) is 0 Å². The van der Waals surface area contributed by atoms with E-state index >= 15 is 0 Å². The summed E-state index contributed by atoms with van der Waals surface area (Å²) in [4.78, 5) is 4.60. The first kappa shape index (κ1) is 15.1. The minimum atomic E-state index is -0.396. The number of nitrogens with zero attached hydrogens (tertiary/aromatic N) is 2. The third kappa shape index (κ3) is 2.91. The maximum Gasteiger partial charge on any atom is 0.144 e. The molecule has 1 unspecified atom stereocenters. The van der Waals surface area contributed by atoms with E-state index in [9.17, 15) is 4.39 Å². The zero-order chi connectivity index (χ0) is 15.0. The van der Waals surface area contributed by atoms with Gasteiger partial charge in [0, 0.05) is 12.1 Å². The molecule has 1 saturated carbocycles. The van der Waals surface area contributed by atoms with Crippen LogP contribution in [0.3, 0.4) is 0 Å². The average Bonchev–Trinajstić information content (AvgIpc) is 2.63. The van der Waals surface area contributed by atoms with Crippen LogP contribution < -0.4 is 0 Å². The van der Waals surface area contributed by atoms with E-state index < -0.39 is 5.82 Å². The molecule has 5 heteroatoms. The Kier molecular flexibility index (Phi) is 4.41. The molecule has 3 rings (SSSR count). The van der Waals surface area contributed by atoms with E-state index in [0.717, 1.165) is 29.7 Å². The van der Waals surface area contributed by atoms with E-state index in [1.165, 1.54) is 31.7 Å². The molecule has 1 heterocycles. The van der Waals surface area contributed by atoms with Crippen molar-refractivity contribution in [3.63, 3.8) is 0 Å². The summed E-state index contributed by atoms with van der Waals surface area (Å²) >= 11 is 12.2. The lowest BCUT2D eigenvalue weighted by Gasteiger charge is -2.21. The summed E-state index contributed by atoms with van der Waals surface area (Å²) in [6.45, 7) is 1.91. The molecule has 0 saturated heterocycles. The fourth-order valence-electron chi connectivity index (χ4n) is 3.29. The Bertz CT molecular complexity index is 643. The molecule has 0 N–H and O–H groups in total. The Morgan fingerprint density at radius 1 is 1.24 bits per heavy atom.